The Bertz CT molecular complexity index is 1440. The molecule has 0 aromatic heterocycles. The second-order valence-corrected chi connectivity index (χ2v) is 10.0. The molecule has 2 N–H and O–H groups in total. The van der Waals surface area contributed by atoms with E-state index >= 15 is 0 Å². The molecule has 3 aromatic carbocycles. The molecule has 186 valence electrons. The van der Waals surface area contributed by atoms with Crippen molar-refractivity contribution in [1.29, 1.82) is 5.26 Å². The Balaban J connectivity index is 1.56. The summed E-state index contributed by atoms with van der Waals surface area (Å²) in [4.78, 5) is 26.5. The molecule has 1 saturated heterocycles. The highest BCUT2D eigenvalue weighted by molar-refractivity contribution is 7.89. The molecule has 0 spiro atoms. The number of anilines is 1. The van der Waals surface area contributed by atoms with Gasteiger partial charge in [-0.1, -0.05) is 36.4 Å². The van der Waals surface area contributed by atoms with Crippen molar-refractivity contribution < 1.29 is 22.7 Å². The van der Waals surface area contributed by atoms with Crippen LogP contribution in [0.3, 0.4) is 0 Å². The Morgan fingerprint density at radius 3 is 2.39 bits per heavy atom. The standard InChI is InChI=1S/C26H26N4O5S/c1-2-35-26(32)30-15-13-19(14-16-30)29-36(33,34)24-12-11-23(21-9-5-6-10-22(21)24)28-25(31)20-8-4-3-7-18(20)17-27/h3-12,19,29H,2,13-16H2,1H3,(H,28,31). The van der Waals surface area contributed by atoms with Gasteiger partial charge in [-0.05, 0) is 44.0 Å². The number of fused-ring (bicyclic) bond motifs is 1. The predicted molar refractivity (Wildman–Crippen MR) is 135 cm³/mol. The van der Waals surface area contributed by atoms with Crippen molar-refractivity contribution in [2.75, 3.05) is 25.0 Å². The molecule has 3 aromatic rings. The molecule has 1 fully saturated rings. The summed E-state index contributed by atoms with van der Waals surface area (Å²) in [5, 5.41) is 13.1. The fourth-order valence-corrected chi connectivity index (χ4v) is 5.78. The summed E-state index contributed by atoms with van der Waals surface area (Å²) in [5.74, 6) is -0.459. The highest BCUT2D eigenvalue weighted by atomic mass is 32.2. The predicted octanol–water partition coefficient (Wildman–Crippen LogP) is 3.86. The smallest absolute Gasteiger partial charge is 0.409 e. The number of rotatable bonds is 6. The van der Waals surface area contributed by atoms with Gasteiger partial charge in [0.25, 0.3) is 5.91 Å². The van der Waals surface area contributed by atoms with E-state index < -0.39 is 15.9 Å². The Hall–Kier alpha value is -3.94. The van der Waals surface area contributed by atoms with Crippen LogP contribution in [0.15, 0.2) is 65.6 Å². The lowest BCUT2D eigenvalue weighted by Crippen LogP contribution is -2.46. The number of hydrogen-bond acceptors (Lipinski definition) is 6. The summed E-state index contributed by atoms with van der Waals surface area (Å²) < 4.78 is 34.4. The molecular formula is C26H26N4O5S. The van der Waals surface area contributed by atoms with Gasteiger partial charge in [-0.25, -0.2) is 17.9 Å². The van der Waals surface area contributed by atoms with Gasteiger partial charge >= 0.3 is 6.09 Å². The number of nitrogens with one attached hydrogen (secondary N) is 2. The number of amides is 2. The number of carbonyl (C=O) groups excluding carboxylic acids is 2. The van der Waals surface area contributed by atoms with Gasteiger partial charge in [0, 0.05) is 35.6 Å². The first-order valence-electron chi connectivity index (χ1n) is 11.6. The van der Waals surface area contributed by atoms with Crippen LogP contribution in [0.1, 0.15) is 35.7 Å². The van der Waals surface area contributed by atoms with Crippen LogP contribution in [0.25, 0.3) is 10.8 Å². The van der Waals surface area contributed by atoms with Gasteiger partial charge in [0.1, 0.15) is 0 Å². The second-order valence-electron chi connectivity index (χ2n) is 8.35. The summed E-state index contributed by atoms with van der Waals surface area (Å²) in [6.45, 7) is 2.84. The number of nitriles is 1. The Kier molecular flexibility index (Phi) is 7.52. The average Bonchev–Trinajstić information content (AvgIpc) is 2.89. The molecule has 1 aliphatic rings. The molecule has 1 heterocycles. The third-order valence-corrected chi connectivity index (χ3v) is 7.64. The van der Waals surface area contributed by atoms with Crippen LogP contribution in [-0.2, 0) is 14.8 Å². The van der Waals surface area contributed by atoms with Gasteiger partial charge < -0.3 is 15.0 Å². The first-order chi connectivity index (χ1) is 17.3. The van der Waals surface area contributed by atoms with Gasteiger partial charge in [0.05, 0.1) is 28.7 Å². The van der Waals surface area contributed by atoms with Gasteiger partial charge in [-0.15, -0.1) is 0 Å². The lowest BCUT2D eigenvalue weighted by molar-refractivity contribution is 0.0964. The molecule has 1 aliphatic heterocycles. The van der Waals surface area contributed by atoms with E-state index in [0.29, 0.717) is 49.0 Å². The number of sulfonamides is 1. The zero-order valence-electron chi connectivity index (χ0n) is 19.7. The van der Waals surface area contributed by atoms with E-state index in [0.717, 1.165) is 0 Å². The normalized spacial score (nSPS) is 14.3. The third-order valence-electron chi connectivity index (χ3n) is 6.06. The second kappa shape index (κ2) is 10.8. The lowest BCUT2D eigenvalue weighted by atomic mass is 10.1. The van der Waals surface area contributed by atoms with Crippen molar-refractivity contribution in [3.63, 3.8) is 0 Å². The SMILES string of the molecule is CCOC(=O)N1CCC(NS(=O)(=O)c2ccc(NC(=O)c3ccccc3C#N)c3ccccc23)CC1. The molecule has 2 amide bonds. The third kappa shape index (κ3) is 5.32. The molecule has 0 radical (unpaired) electrons. The molecule has 10 heteroatoms. The zero-order valence-corrected chi connectivity index (χ0v) is 20.5. The number of piperidine rings is 1. The Morgan fingerprint density at radius 2 is 1.69 bits per heavy atom. The molecular weight excluding hydrogens is 480 g/mol. The van der Waals surface area contributed by atoms with Crippen LogP contribution in [0.2, 0.25) is 0 Å². The van der Waals surface area contributed by atoms with Crippen molar-refractivity contribution in [3.8, 4) is 6.07 Å². The summed E-state index contributed by atoms with van der Waals surface area (Å²) in [6.07, 6.45) is 0.560. The minimum absolute atomic E-state index is 0.0985. The van der Waals surface area contributed by atoms with Crippen LogP contribution < -0.4 is 10.0 Å². The summed E-state index contributed by atoms with van der Waals surface area (Å²) in [6, 6.07) is 18.1. The first-order valence-corrected chi connectivity index (χ1v) is 13.1. The van der Waals surface area contributed by atoms with Crippen molar-refractivity contribution >= 4 is 38.5 Å². The largest absolute Gasteiger partial charge is 0.450 e. The maximum Gasteiger partial charge on any atom is 0.409 e. The first kappa shape index (κ1) is 25.2. The van der Waals surface area contributed by atoms with Crippen LogP contribution >= 0.6 is 0 Å². The summed E-state index contributed by atoms with van der Waals surface area (Å²) >= 11 is 0. The molecule has 4 rings (SSSR count). The molecule has 0 unspecified atom stereocenters. The van der Waals surface area contributed by atoms with Crippen LogP contribution in [0, 0.1) is 11.3 Å². The van der Waals surface area contributed by atoms with Gasteiger partial charge in [0.2, 0.25) is 10.0 Å². The highest BCUT2D eigenvalue weighted by Crippen LogP contribution is 2.30. The number of nitrogens with zero attached hydrogens (tertiary/aromatic N) is 2. The average molecular weight is 507 g/mol. The van der Waals surface area contributed by atoms with Gasteiger partial charge in [0.15, 0.2) is 0 Å². The van der Waals surface area contributed by atoms with E-state index in [1.54, 1.807) is 66.4 Å². The molecule has 0 saturated carbocycles. The summed E-state index contributed by atoms with van der Waals surface area (Å²) in [5.41, 5.74) is 0.915. The van der Waals surface area contributed by atoms with Crippen molar-refractivity contribution in [2.24, 2.45) is 0 Å². The van der Waals surface area contributed by atoms with Gasteiger partial charge in [-0.2, -0.15) is 5.26 Å². The van der Waals surface area contributed by atoms with Crippen LogP contribution in [0.4, 0.5) is 10.5 Å². The van der Waals surface area contributed by atoms with Crippen molar-refractivity contribution in [2.45, 2.75) is 30.7 Å². The number of hydrogen-bond donors (Lipinski definition) is 2. The topological polar surface area (TPSA) is 129 Å². The maximum absolute atomic E-state index is 13.3. The number of ether oxygens (including phenoxy) is 1. The monoisotopic (exact) mass is 506 g/mol. The Morgan fingerprint density at radius 1 is 1.03 bits per heavy atom. The lowest BCUT2D eigenvalue weighted by Gasteiger charge is -2.31. The maximum atomic E-state index is 13.3. The molecule has 0 atom stereocenters. The Labute approximate surface area is 209 Å². The van der Waals surface area contributed by atoms with Crippen molar-refractivity contribution in [3.05, 3.63) is 71.8 Å². The summed E-state index contributed by atoms with van der Waals surface area (Å²) in [7, 11) is -3.88. The van der Waals surface area contributed by atoms with E-state index in [2.05, 4.69) is 10.0 Å². The van der Waals surface area contributed by atoms with E-state index in [4.69, 9.17) is 4.74 Å². The number of carbonyl (C=O) groups is 2. The number of likely N-dealkylation sites (tertiary alicyclic amines) is 1. The highest BCUT2D eigenvalue weighted by Gasteiger charge is 2.28. The zero-order chi connectivity index (χ0) is 25.7. The molecule has 0 aliphatic carbocycles. The van der Waals surface area contributed by atoms with Gasteiger partial charge in [-0.3, -0.25) is 4.79 Å². The minimum Gasteiger partial charge on any atom is -0.450 e. The quantitative estimate of drug-likeness (QED) is 0.522. The van der Waals surface area contributed by atoms with E-state index in [1.807, 2.05) is 6.07 Å². The minimum atomic E-state index is -3.88. The molecule has 9 nitrogen and oxygen atoms in total. The van der Waals surface area contributed by atoms with Crippen molar-refractivity contribution in [1.82, 2.24) is 9.62 Å². The fraction of sp³-hybridized carbons (Fsp3) is 0.269. The van der Waals surface area contributed by atoms with E-state index in [1.165, 1.54) is 6.07 Å². The van der Waals surface area contributed by atoms with Crippen LogP contribution in [-0.4, -0.2) is 51.1 Å². The van der Waals surface area contributed by atoms with Crippen LogP contribution in [0.5, 0.6) is 0 Å². The molecule has 36 heavy (non-hydrogen) atoms. The fourth-order valence-electron chi connectivity index (χ4n) is 4.26. The van der Waals surface area contributed by atoms with E-state index in [9.17, 15) is 23.3 Å². The number of benzene rings is 3. The molecule has 0 bridgehead atoms. The van der Waals surface area contributed by atoms with E-state index in [-0.39, 0.29) is 28.2 Å².